The van der Waals surface area contributed by atoms with Crippen LogP contribution in [0.4, 0.5) is 11.5 Å². The molecule has 2 N–H and O–H groups in total. The van der Waals surface area contributed by atoms with Crippen LogP contribution in [0.5, 0.6) is 0 Å². The number of rotatable bonds is 5. The molecule has 0 radical (unpaired) electrons. The van der Waals surface area contributed by atoms with Gasteiger partial charge in [-0.25, -0.2) is 9.97 Å². The molecule has 36 heavy (non-hydrogen) atoms. The molecule has 0 bridgehead atoms. The van der Waals surface area contributed by atoms with Gasteiger partial charge in [-0.3, -0.25) is 14.4 Å². The second-order valence-corrected chi connectivity index (χ2v) is 9.56. The Morgan fingerprint density at radius 1 is 1.06 bits per heavy atom. The molecule has 3 aromatic heterocycles. The highest BCUT2D eigenvalue weighted by Gasteiger charge is 2.34. The van der Waals surface area contributed by atoms with E-state index in [0.29, 0.717) is 36.6 Å². The molecular formula is C24H23Cl2N5O5. The van der Waals surface area contributed by atoms with Crippen molar-refractivity contribution in [3.63, 3.8) is 0 Å². The van der Waals surface area contributed by atoms with Crippen molar-refractivity contribution < 1.29 is 23.5 Å². The topological polar surface area (TPSA) is 127 Å². The molecule has 4 heterocycles. The first-order valence-corrected chi connectivity index (χ1v) is 12.3. The number of amides is 3. The van der Waals surface area contributed by atoms with E-state index in [2.05, 4.69) is 20.6 Å². The van der Waals surface area contributed by atoms with Gasteiger partial charge in [0.15, 0.2) is 5.58 Å². The predicted octanol–water partition coefficient (Wildman–Crippen LogP) is 4.14. The van der Waals surface area contributed by atoms with Crippen molar-refractivity contribution in [3.8, 4) is 0 Å². The lowest BCUT2D eigenvalue weighted by Gasteiger charge is -2.38. The van der Waals surface area contributed by atoms with E-state index in [1.54, 1.807) is 18.2 Å². The first kappa shape index (κ1) is 24.5. The van der Waals surface area contributed by atoms with Crippen molar-refractivity contribution >= 4 is 63.5 Å². The van der Waals surface area contributed by atoms with Gasteiger partial charge in [-0.2, -0.15) is 0 Å². The molecule has 0 unspecified atom stereocenters. The van der Waals surface area contributed by atoms with Crippen molar-refractivity contribution in [1.29, 1.82) is 0 Å². The summed E-state index contributed by atoms with van der Waals surface area (Å²) in [6, 6.07) is 6.37. The maximum Gasteiger partial charge on any atom is 0.294 e. The van der Waals surface area contributed by atoms with Gasteiger partial charge in [0.05, 0.1) is 11.6 Å². The third-order valence-corrected chi connectivity index (χ3v) is 6.89. The van der Waals surface area contributed by atoms with Crippen molar-refractivity contribution in [2.75, 3.05) is 30.4 Å². The van der Waals surface area contributed by atoms with Crippen molar-refractivity contribution in [1.82, 2.24) is 14.9 Å². The third kappa shape index (κ3) is 5.16. The summed E-state index contributed by atoms with van der Waals surface area (Å²) < 4.78 is 11.0. The summed E-state index contributed by atoms with van der Waals surface area (Å²) in [5.74, 6) is -0.988. The molecule has 5 rings (SSSR count). The number of hydrogen-bond acceptors (Lipinski definition) is 7. The van der Waals surface area contributed by atoms with Crippen molar-refractivity contribution in [2.45, 2.75) is 31.7 Å². The number of nitrogens with zero attached hydrogens (tertiary/aromatic N) is 3. The highest BCUT2D eigenvalue weighted by atomic mass is 35.5. The van der Waals surface area contributed by atoms with Crippen LogP contribution >= 0.6 is 23.2 Å². The van der Waals surface area contributed by atoms with Crippen LogP contribution in [-0.4, -0.2) is 58.4 Å². The van der Waals surface area contributed by atoms with Gasteiger partial charge in [0.1, 0.15) is 28.8 Å². The molecule has 3 aromatic rings. The fourth-order valence-electron chi connectivity index (χ4n) is 4.64. The van der Waals surface area contributed by atoms with Crippen LogP contribution in [0.25, 0.3) is 11.1 Å². The third-order valence-electron chi connectivity index (χ3n) is 6.45. The lowest BCUT2D eigenvalue weighted by Crippen LogP contribution is -2.49. The highest BCUT2D eigenvalue weighted by Crippen LogP contribution is 2.34. The summed E-state index contributed by atoms with van der Waals surface area (Å²) in [4.78, 5) is 48.6. The Bertz CT molecular complexity index is 1300. The van der Waals surface area contributed by atoms with Gasteiger partial charge in [-0.1, -0.05) is 23.2 Å². The van der Waals surface area contributed by atoms with Crippen LogP contribution in [0.2, 0.25) is 10.2 Å². The minimum atomic E-state index is -0.608. The maximum atomic E-state index is 13.2. The van der Waals surface area contributed by atoms with Gasteiger partial charge in [-0.05, 0) is 49.9 Å². The SMILES string of the molecule is O=C(Nc1ccc(Cl)cn1)c1oc2ccc(Cl)nc2c1NC(=O)[C@H]1CC[C@H](N2CCOCC2=O)CC1. The second kappa shape index (κ2) is 10.4. The van der Waals surface area contributed by atoms with Crippen molar-refractivity contribution in [2.24, 2.45) is 5.92 Å². The van der Waals surface area contributed by atoms with Crippen LogP contribution in [0, 0.1) is 5.92 Å². The molecule has 188 valence electrons. The minimum Gasteiger partial charge on any atom is -0.447 e. The van der Waals surface area contributed by atoms with E-state index in [4.69, 9.17) is 32.4 Å². The van der Waals surface area contributed by atoms with E-state index in [9.17, 15) is 14.4 Å². The summed E-state index contributed by atoms with van der Waals surface area (Å²) >= 11 is 11.9. The van der Waals surface area contributed by atoms with Crippen LogP contribution in [0.1, 0.15) is 36.2 Å². The number of ether oxygens (including phenoxy) is 1. The standard InChI is InChI=1S/C24H23Cl2N5O5/c25-14-3-8-18(27-11-14)29-24(34)22-21(20-16(36-22)6-7-17(26)28-20)30-23(33)13-1-4-15(5-2-13)31-9-10-35-12-19(31)32/h3,6-8,11,13,15H,1-2,4-5,9-10,12H2,(H,30,33)(H,27,29,34)/t13-,15-. The summed E-state index contributed by atoms with van der Waals surface area (Å²) in [6.07, 6.45) is 4.06. The number of furan rings is 1. The zero-order chi connectivity index (χ0) is 25.2. The molecular weight excluding hydrogens is 509 g/mol. The van der Waals surface area contributed by atoms with E-state index < -0.39 is 5.91 Å². The largest absolute Gasteiger partial charge is 0.447 e. The average Bonchev–Trinajstić information content (AvgIpc) is 3.23. The molecule has 1 saturated carbocycles. The summed E-state index contributed by atoms with van der Waals surface area (Å²) in [5.41, 5.74) is 0.727. The lowest BCUT2D eigenvalue weighted by atomic mass is 9.84. The minimum absolute atomic E-state index is 0.00666. The highest BCUT2D eigenvalue weighted by molar-refractivity contribution is 6.30. The number of halogens is 2. The average molecular weight is 532 g/mol. The van der Waals surface area contributed by atoms with E-state index in [1.807, 2.05) is 4.90 Å². The molecule has 10 nitrogen and oxygen atoms in total. The molecule has 0 aromatic carbocycles. The quantitative estimate of drug-likeness (QED) is 0.473. The Balaban J connectivity index is 1.33. The summed E-state index contributed by atoms with van der Waals surface area (Å²) in [5, 5.41) is 6.11. The summed E-state index contributed by atoms with van der Waals surface area (Å²) in [6.45, 7) is 1.22. The van der Waals surface area contributed by atoms with Gasteiger partial charge in [0.25, 0.3) is 5.91 Å². The first-order valence-electron chi connectivity index (χ1n) is 11.6. The van der Waals surface area contributed by atoms with Crippen LogP contribution in [-0.2, 0) is 14.3 Å². The number of aromatic nitrogens is 2. The number of carbonyl (C=O) groups excluding carboxylic acids is 3. The molecule has 2 aliphatic rings. The molecule has 1 saturated heterocycles. The van der Waals surface area contributed by atoms with Gasteiger partial charge in [0.2, 0.25) is 17.6 Å². The van der Waals surface area contributed by atoms with E-state index in [-0.39, 0.29) is 58.3 Å². The number of fused-ring (bicyclic) bond motifs is 1. The van der Waals surface area contributed by atoms with E-state index >= 15 is 0 Å². The Morgan fingerprint density at radius 2 is 1.86 bits per heavy atom. The Kier molecular flexibility index (Phi) is 7.08. The molecule has 12 heteroatoms. The Labute approximate surface area is 216 Å². The Morgan fingerprint density at radius 3 is 2.58 bits per heavy atom. The Hall–Kier alpha value is -3.21. The van der Waals surface area contributed by atoms with Crippen LogP contribution in [0.3, 0.4) is 0 Å². The lowest BCUT2D eigenvalue weighted by molar-refractivity contribution is -0.146. The number of nitrogens with one attached hydrogen (secondary N) is 2. The predicted molar refractivity (Wildman–Crippen MR) is 133 cm³/mol. The zero-order valence-electron chi connectivity index (χ0n) is 19.1. The number of anilines is 2. The molecule has 1 aliphatic carbocycles. The fourth-order valence-corrected chi connectivity index (χ4v) is 4.90. The number of hydrogen-bond donors (Lipinski definition) is 2. The van der Waals surface area contributed by atoms with E-state index in [1.165, 1.54) is 12.3 Å². The van der Waals surface area contributed by atoms with Crippen LogP contribution < -0.4 is 10.6 Å². The van der Waals surface area contributed by atoms with E-state index in [0.717, 1.165) is 12.8 Å². The maximum absolute atomic E-state index is 13.2. The summed E-state index contributed by atoms with van der Waals surface area (Å²) in [7, 11) is 0. The monoisotopic (exact) mass is 531 g/mol. The van der Waals surface area contributed by atoms with Crippen LogP contribution in [0.15, 0.2) is 34.9 Å². The van der Waals surface area contributed by atoms with Crippen molar-refractivity contribution in [3.05, 3.63) is 46.4 Å². The first-order chi connectivity index (χ1) is 17.4. The fraction of sp³-hybridized carbons (Fsp3) is 0.375. The van der Waals surface area contributed by atoms with Gasteiger partial charge in [-0.15, -0.1) is 0 Å². The number of pyridine rings is 2. The number of carbonyl (C=O) groups is 3. The van der Waals surface area contributed by atoms with Gasteiger partial charge >= 0.3 is 0 Å². The molecule has 3 amide bonds. The molecule has 1 aliphatic heterocycles. The van der Waals surface area contributed by atoms with Gasteiger partial charge < -0.3 is 24.7 Å². The molecule has 0 atom stereocenters. The number of morpholine rings is 1. The van der Waals surface area contributed by atoms with Gasteiger partial charge in [0, 0.05) is 24.7 Å². The molecule has 2 fully saturated rings. The zero-order valence-corrected chi connectivity index (χ0v) is 20.6. The normalized spacial score (nSPS) is 20.4. The smallest absolute Gasteiger partial charge is 0.294 e. The molecule has 0 spiro atoms. The second-order valence-electron chi connectivity index (χ2n) is 8.74.